The molecular weight excluding hydrogens is 499 g/mol. The van der Waals surface area contributed by atoms with Crippen LogP contribution in [0, 0.1) is 10.1 Å². The lowest BCUT2D eigenvalue weighted by molar-refractivity contribution is -0.384. The van der Waals surface area contributed by atoms with E-state index in [-0.39, 0.29) is 44.4 Å². The highest BCUT2D eigenvalue weighted by Gasteiger charge is 2.27. The Morgan fingerprint density at radius 2 is 1.83 bits per heavy atom. The van der Waals surface area contributed by atoms with Gasteiger partial charge in [0.2, 0.25) is 5.90 Å². The van der Waals surface area contributed by atoms with Crippen LogP contribution >= 0.6 is 23.2 Å². The molecule has 3 aromatic carbocycles. The van der Waals surface area contributed by atoms with Gasteiger partial charge >= 0.3 is 11.9 Å². The minimum Gasteiger partial charge on any atom is -0.493 e. The number of nitrogens with zero attached hydrogens (tertiary/aromatic N) is 2. The first kappa shape index (κ1) is 23.9. The van der Waals surface area contributed by atoms with Crippen molar-refractivity contribution >= 4 is 52.8 Å². The van der Waals surface area contributed by atoms with Gasteiger partial charge in [-0.1, -0.05) is 41.4 Å². The number of nitro groups is 1. The minimum absolute atomic E-state index is 0.00120. The molecule has 3 aromatic rings. The third-order valence-electron chi connectivity index (χ3n) is 4.77. The van der Waals surface area contributed by atoms with E-state index in [0.717, 1.165) is 6.07 Å². The van der Waals surface area contributed by atoms with Gasteiger partial charge in [0.15, 0.2) is 17.2 Å². The number of rotatable bonds is 6. The van der Waals surface area contributed by atoms with E-state index in [1.165, 1.54) is 37.5 Å². The van der Waals surface area contributed by atoms with Crippen molar-refractivity contribution in [3.63, 3.8) is 0 Å². The van der Waals surface area contributed by atoms with E-state index in [0.29, 0.717) is 11.1 Å². The number of hydrogen-bond donors (Lipinski definition) is 0. The molecule has 0 atom stereocenters. The van der Waals surface area contributed by atoms with Crippen LogP contribution in [0.25, 0.3) is 6.08 Å². The molecule has 35 heavy (non-hydrogen) atoms. The van der Waals surface area contributed by atoms with Crippen LogP contribution in [0.2, 0.25) is 10.0 Å². The first-order valence-electron chi connectivity index (χ1n) is 9.88. The molecule has 1 aliphatic heterocycles. The average Bonchev–Trinajstić information content (AvgIpc) is 3.20. The Morgan fingerprint density at radius 1 is 1.09 bits per heavy atom. The van der Waals surface area contributed by atoms with Gasteiger partial charge in [0.05, 0.1) is 33.2 Å². The number of methoxy groups -OCH3 is 1. The first-order valence-corrected chi connectivity index (χ1v) is 10.6. The Kier molecular flexibility index (Phi) is 6.81. The quantitative estimate of drug-likeness (QED) is 0.141. The molecule has 0 aliphatic carbocycles. The summed E-state index contributed by atoms with van der Waals surface area (Å²) < 4.78 is 15.9. The molecule has 0 unspecified atom stereocenters. The highest BCUT2D eigenvalue weighted by molar-refractivity contribution is 6.35. The number of non-ortho nitro benzene ring substituents is 1. The summed E-state index contributed by atoms with van der Waals surface area (Å²) in [6.07, 6.45) is 1.39. The molecule has 176 valence electrons. The number of esters is 2. The maximum absolute atomic E-state index is 12.4. The molecule has 0 aromatic heterocycles. The largest absolute Gasteiger partial charge is 0.493 e. The summed E-state index contributed by atoms with van der Waals surface area (Å²) in [7, 11) is 1.37. The Hall–Kier alpha value is -4.21. The van der Waals surface area contributed by atoms with E-state index in [1.54, 1.807) is 30.3 Å². The maximum atomic E-state index is 12.4. The highest BCUT2D eigenvalue weighted by atomic mass is 35.5. The molecule has 0 saturated carbocycles. The standard InChI is InChI=1S/C24H14Cl2N2O7/c1-33-20-11-13(9-18(26)21(20)34-23(29)14-5-3-2-4-6-14)10-19-24(30)35-22(27-19)16-8-7-15(28(31)32)12-17(16)25/h2-12H,1H3/b19-10-. The van der Waals surface area contributed by atoms with Gasteiger partial charge in [-0.15, -0.1) is 0 Å². The number of ether oxygens (including phenoxy) is 3. The molecule has 1 heterocycles. The Labute approximate surface area is 208 Å². The summed E-state index contributed by atoms with van der Waals surface area (Å²) >= 11 is 12.4. The molecule has 9 nitrogen and oxygen atoms in total. The van der Waals surface area contributed by atoms with Crippen molar-refractivity contribution in [2.75, 3.05) is 7.11 Å². The van der Waals surface area contributed by atoms with Crippen molar-refractivity contribution in [3.8, 4) is 11.5 Å². The number of carbonyl (C=O) groups excluding carboxylic acids is 2. The third-order valence-corrected chi connectivity index (χ3v) is 5.37. The number of nitro benzene ring substituents is 1. The van der Waals surface area contributed by atoms with Gasteiger partial charge < -0.3 is 14.2 Å². The van der Waals surface area contributed by atoms with Crippen molar-refractivity contribution in [3.05, 3.63) is 103 Å². The molecule has 0 radical (unpaired) electrons. The first-order chi connectivity index (χ1) is 16.8. The molecular formula is C24H14Cl2N2O7. The van der Waals surface area contributed by atoms with Gasteiger partial charge in [-0.3, -0.25) is 10.1 Å². The summed E-state index contributed by atoms with van der Waals surface area (Å²) in [5.41, 5.74) is 0.680. The Morgan fingerprint density at radius 3 is 2.49 bits per heavy atom. The fraction of sp³-hybridized carbons (Fsp3) is 0.0417. The lowest BCUT2D eigenvalue weighted by Crippen LogP contribution is -2.09. The van der Waals surface area contributed by atoms with Crippen LogP contribution in [0.15, 0.2) is 71.4 Å². The lowest BCUT2D eigenvalue weighted by Gasteiger charge is -2.12. The van der Waals surface area contributed by atoms with Crippen LogP contribution in [0.4, 0.5) is 5.69 Å². The summed E-state index contributed by atoms with van der Waals surface area (Å²) in [6.45, 7) is 0. The number of carbonyl (C=O) groups is 2. The van der Waals surface area contributed by atoms with Gasteiger partial charge in [-0.25, -0.2) is 14.6 Å². The zero-order valence-corrected chi connectivity index (χ0v) is 19.4. The van der Waals surface area contributed by atoms with Gasteiger partial charge in [0.25, 0.3) is 5.69 Å². The summed E-state index contributed by atoms with van der Waals surface area (Å²) in [5, 5.41) is 11.0. The minimum atomic E-state index is -0.760. The number of halogens is 2. The van der Waals surface area contributed by atoms with Crippen molar-refractivity contribution in [2.24, 2.45) is 4.99 Å². The Bertz CT molecular complexity index is 1420. The number of benzene rings is 3. The SMILES string of the molecule is COc1cc(/C=C2\N=C(c3ccc([N+](=O)[O-])cc3Cl)OC2=O)cc(Cl)c1OC(=O)c1ccccc1. The predicted molar refractivity (Wildman–Crippen MR) is 128 cm³/mol. The fourth-order valence-electron chi connectivity index (χ4n) is 3.12. The second-order valence-corrected chi connectivity index (χ2v) is 7.86. The smallest absolute Gasteiger partial charge is 0.363 e. The van der Waals surface area contributed by atoms with Crippen molar-refractivity contribution < 1.29 is 28.7 Å². The third kappa shape index (κ3) is 5.16. The Balaban J connectivity index is 1.63. The predicted octanol–water partition coefficient (Wildman–Crippen LogP) is 5.47. The van der Waals surface area contributed by atoms with Gasteiger partial charge in [-0.05, 0) is 42.0 Å². The van der Waals surface area contributed by atoms with E-state index in [2.05, 4.69) is 4.99 Å². The molecule has 0 spiro atoms. The molecule has 0 saturated heterocycles. The van der Waals surface area contributed by atoms with E-state index in [1.807, 2.05) is 0 Å². The summed E-state index contributed by atoms with van der Waals surface area (Å²) in [4.78, 5) is 39.2. The molecule has 1 aliphatic rings. The molecule has 0 fully saturated rings. The van der Waals surface area contributed by atoms with Gasteiger partial charge in [-0.2, -0.15) is 0 Å². The van der Waals surface area contributed by atoms with Crippen molar-refractivity contribution in [2.45, 2.75) is 0 Å². The topological polar surface area (TPSA) is 117 Å². The average molecular weight is 513 g/mol. The second-order valence-electron chi connectivity index (χ2n) is 7.05. The number of hydrogen-bond acceptors (Lipinski definition) is 8. The zero-order valence-electron chi connectivity index (χ0n) is 17.9. The normalized spacial score (nSPS) is 13.9. The maximum Gasteiger partial charge on any atom is 0.363 e. The summed E-state index contributed by atoms with van der Waals surface area (Å²) in [6, 6.07) is 15.0. The van der Waals surface area contributed by atoms with Crippen LogP contribution in [0.5, 0.6) is 11.5 Å². The highest BCUT2D eigenvalue weighted by Crippen LogP contribution is 2.38. The molecule has 0 N–H and O–H groups in total. The number of cyclic esters (lactones) is 1. The van der Waals surface area contributed by atoms with E-state index in [4.69, 9.17) is 37.4 Å². The fourth-order valence-corrected chi connectivity index (χ4v) is 3.63. The monoisotopic (exact) mass is 512 g/mol. The zero-order chi connectivity index (χ0) is 25.1. The molecule has 11 heteroatoms. The summed E-state index contributed by atoms with van der Waals surface area (Å²) in [5.74, 6) is -1.31. The van der Waals surface area contributed by atoms with Crippen LogP contribution in [0.1, 0.15) is 21.5 Å². The van der Waals surface area contributed by atoms with Crippen molar-refractivity contribution in [1.82, 2.24) is 0 Å². The van der Waals surface area contributed by atoms with Gasteiger partial charge in [0, 0.05) is 12.1 Å². The van der Waals surface area contributed by atoms with Crippen LogP contribution in [0.3, 0.4) is 0 Å². The van der Waals surface area contributed by atoms with Crippen LogP contribution in [-0.2, 0) is 9.53 Å². The van der Waals surface area contributed by atoms with Crippen LogP contribution < -0.4 is 9.47 Å². The molecule has 4 rings (SSSR count). The molecule has 0 amide bonds. The lowest BCUT2D eigenvalue weighted by atomic mass is 10.1. The van der Waals surface area contributed by atoms with E-state index in [9.17, 15) is 19.7 Å². The second kappa shape index (κ2) is 9.96. The van der Waals surface area contributed by atoms with E-state index < -0.39 is 16.9 Å². The number of aliphatic imine (C=N–C) groups is 1. The van der Waals surface area contributed by atoms with Gasteiger partial charge in [0.1, 0.15) is 0 Å². The van der Waals surface area contributed by atoms with E-state index >= 15 is 0 Å². The molecule has 0 bridgehead atoms. The van der Waals surface area contributed by atoms with Crippen molar-refractivity contribution in [1.29, 1.82) is 0 Å². The van der Waals surface area contributed by atoms with Crippen LogP contribution in [-0.4, -0.2) is 29.9 Å².